The van der Waals surface area contributed by atoms with Gasteiger partial charge in [-0.05, 0) is 46.3 Å². The molecule has 0 bridgehead atoms. The number of nitrogens with one attached hydrogen (secondary N) is 1. The van der Waals surface area contributed by atoms with E-state index in [1.807, 2.05) is 24.3 Å². The third-order valence-corrected chi connectivity index (χ3v) is 3.63. The molecule has 0 saturated carbocycles. The van der Waals surface area contributed by atoms with Crippen molar-refractivity contribution in [1.82, 2.24) is 0 Å². The standard InChI is InChI=1S/C14H12Br2FNO/c15-10-5-6-12(17)14(9-10)19-8-7-18-13-4-2-1-3-11(13)16/h1-6,9,18H,7-8H2. The molecule has 1 N–H and O–H groups in total. The molecule has 0 aliphatic rings. The summed E-state index contributed by atoms with van der Waals surface area (Å²) in [6.07, 6.45) is 0. The highest BCUT2D eigenvalue weighted by Gasteiger charge is 2.03. The zero-order chi connectivity index (χ0) is 13.7. The lowest BCUT2D eigenvalue weighted by Gasteiger charge is -2.10. The minimum atomic E-state index is -0.357. The van der Waals surface area contributed by atoms with Crippen molar-refractivity contribution in [3.05, 3.63) is 57.2 Å². The molecule has 0 heterocycles. The van der Waals surface area contributed by atoms with Crippen LogP contribution >= 0.6 is 31.9 Å². The second kappa shape index (κ2) is 6.91. The van der Waals surface area contributed by atoms with E-state index in [0.717, 1.165) is 14.6 Å². The predicted molar refractivity (Wildman–Crippen MR) is 82.2 cm³/mol. The quantitative estimate of drug-likeness (QED) is 0.740. The maximum atomic E-state index is 13.4. The van der Waals surface area contributed by atoms with Gasteiger partial charge in [-0.25, -0.2) is 4.39 Å². The summed E-state index contributed by atoms with van der Waals surface area (Å²) in [6.45, 7) is 0.975. The zero-order valence-electron chi connectivity index (χ0n) is 10.00. The van der Waals surface area contributed by atoms with Crippen molar-refractivity contribution < 1.29 is 9.13 Å². The van der Waals surface area contributed by atoms with Crippen LogP contribution in [-0.2, 0) is 0 Å². The Labute approximate surface area is 128 Å². The summed E-state index contributed by atoms with van der Waals surface area (Å²) < 4.78 is 20.6. The van der Waals surface area contributed by atoms with Crippen LogP contribution < -0.4 is 10.1 Å². The number of hydrogen-bond acceptors (Lipinski definition) is 2. The molecule has 2 nitrogen and oxygen atoms in total. The minimum Gasteiger partial charge on any atom is -0.489 e. The molecule has 0 aromatic heterocycles. The van der Waals surface area contributed by atoms with E-state index < -0.39 is 0 Å². The Morgan fingerprint density at radius 3 is 2.68 bits per heavy atom. The second-order valence-electron chi connectivity index (χ2n) is 3.83. The molecule has 0 fully saturated rings. The van der Waals surface area contributed by atoms with Gasteiger partial charge in [0, 0.05) is 21.2 Å². The predicted octanol–water partition coefficient (Wildman–Crippen LogP) is 4.84. The SMILES string of the molecule is Fc1ccc(Br)cc1OCCNc1ccccc1Br. The van der Waals surface area contributed by atoms with Crippen molar-refractivity contribution in [1.29, 1.82) is 0 Å². The Hall–Kier alpha value is -1.07. The summed E-state index contributed by atoms with van der Waals surface area (Å²) in [5.74, 6) is -0.104. The monoisotopic (exact) mass is 387 g/mol. The van der Waals surface area contributed by atoms with E-state index in [2.05, 4.69) is 37.2 Å². The van der Waals surface area contributed by atoms with Gasteiger partial charge in [-0.15, -0.1) is 0 Å². The molecule has 0 spiro atoms. The van der Waals surface area contributed by atoms with Crippen LogP contribution in [0.25, 0.3) is 0 Å². The first kappa shape index (κ1) is 14.3. The van der Waals surface area contributed by atoms with E-state index in [-0.39, 0.29) is 11.6 Å². The van der Waals surface area contributed by atoms with E-state index in [9.17, 15) is 4.39 Å². The summed E-state index contributed by atoms with van der Waals surface area (Å²) >= 11 is 6.73. The van der Waals surface area contributed by atoms with Gasteiger partial charge in [0.2, 0.25) is 0 Å². The first-order valence-corrected chi connectivity index (χ1v) is 7.31. The molecule has 2 aromatic rings. The Bertz CT molecular complexity index is 563. The van der Waals surface area contributed by atoms with Crippen LogP contribution in [0.15, 0.2) is 51.4 Å². The minimum absolute atomic E-state index is 0.253. The van der Waals surface area contributed by atoms with E-state index in [1.54, 1.807) is 12.1 Å². The fraction of sp³-hybridized carbons (Fsp3) is 0.143. The average molecular weight is 389 g/mol. The lowest BCUT2D eigenvalue weighted by molar-refractivity contribution is 0.315. The van der Waals surface area contributed by atoms with Gasteiger partial charge in [0.05, 0.1) is 0 Å². The maximum absolute atomic E-state index is 13.4. The summed E-state index contributed by atoms with van der Waals surface area (Å²) in [4.78, 5) is 0. The van der Waals surface area contributed by atoms with Crippen LogP contribution in [0.4, 0.5) is 10.1 Å². The number of rotatable bonds is 5. The first-order chi connectivity index (χ1) is 9.16. The number of benzene rings is 2. The summed E-state index contributed by atoms with van der Waals surface area (Å²) in [5.41, 5.74) is 0.987. The Balaban J connectivity index is 1.84. The smallest absolute Gasteiger partial charge is 0.165 e. The fourth-order valence-corrected chi connectivity index (χ4v) is 2.30. The average Bonchev–Trinajstić information content (AvgIpc) is 2.40. The van der Waals surface area contributed by atoms with Gasteiger partial charge in [0.15, 0.2) is 11.6 Å². The lowest BCUT2D eigenvalue weighted by Crippen LogP contribution is -2.12. The van der Waals surface area contributed by atoms with E-state index in [1.165, 1.54) is 6.07 Å². The van der Waals surface area contributed by atoms with Crippen molar-refractivity contribution in [2.24, 2.45) is 0 Å². The Kier molecular flexibility index (Phi) is 5.22. The van der Waals surface area contributed by atoms with Gasteiger partial charge in [-0.2, -0.15) is 0 Å². The van der Waals surface area contributed by atoms with Crippen LogP contribution in [0, 0.1) is 5.82 Å². The van der Waals surface area contributed by atoms with Crippen LogP contribution in [0.1, 0.15) is 0 Å². The second-order valence-corrected chi connectivity index (χ2v) is 5.60. The molecule has 100 valence electrons. The molecule has 2 aromatic carbocycles. The van der Waals surface area contributed by atoms with Crippen molar-refractivity contribution in [3.8, 4) is 5.75 Å². The van der Waals surface area contributed by atoms with Crippen LogP contribution in [0.5, 0.6) is 5.75 Å². The van der Waals surface area contributed by atoms with Gasteiger partial charge in [0.1, 0.15) is 6.61 Å². The normalized spacial score (nSPS) is 10.3. The fourth-order valence-electron chi connectivity index (χ4n) is 1.54. The number of halogens is 3. The van der Waals surface area contributed by atoms with Crippen molar-refractivity contribution in [2.75, 3.05) is 18.5 Å². The highest BCUT2D eigenvalue weighted by molar-refractivity contribution is 9.10. The molecule has 19 heavy (non-hydrogen) atoms. The van der Waals surface area contributed by atoms with E-state index in [4.69, 9.17) is 4.74 Å². The Morgan fingerprint density at radius 2 is 1.89 bits per heavy atom. The number of hydrogen-bond donors (Lipinski definition) is 1. The van der Waals surface area contributed by atoms with Crippen LogP contribution in [-0.4, -0.2) is 13.2 Å². The lowest BCUT2D eigenvalue weighted by atomic mass is 10.3. The highest BCUT2D eigenvalue weighted by Crippen LogP contribution is 2.23. The highest BCUT2D eigenvalue weighted by atomic mass is 79.9. The van der Waals surface area contributed by atoms with E-state index in [0.29, 0.717) is 13.2 Å². The molecular formula is C14H12Br2FNO. The molecule has 5 heteroatoms. The third-order valence-electron chi connectivity index (χ3n) is 2.44. The molecule has 0 aliphatic heterocycles. The summed E-state index contributed by atoms with van der Waals surface area (Å²) in [6, 6.07) is 12.4. The van der Waals surface area contributed by atoms with Gasteiger partial charge < -0.3 is 10.1 Å². The largest absolute Gasteiger partial charge is 0.489 e. The van der Waals surface area contributed by atoms with Gasteiger partial charge in [0.25, 0.3) is 0 Å². The van der Waals surface area contributed by atoms with Crippen LogP contribution in [0.2, 0.25) is 0 Å². The van der Waals surface area contributed by atoms with Gasteiger partial charge in [-0.3, -0.25) is 0 Å². The van der Waals surface area contributed by atoms with Crippen molar-refractivity contribution in [2.45, 2.75) is 0 Å². The van der Waals surface area contributed by atoms with E-state index >= 15 is 0 Å². The van der Waals surface area contributed by atoms with Gasteiger partial charge >= 0.3 is 0 Å². The molecule has 0 atom stereocenters. The molecular weight excluding hydrogens is 377 g/mol. The van der Waals surface area contributed by atoms with Crippen molar-refractivity contribution >= 4 is 37.5 Å². The number of para-hydroxylation sites is 1. The van der Waals surface area contributed by atoms with Gasteiger partial charge in [-0.1, -0.05) is 28.1 Å². The number of ether oxygens (including phenoxy) is 1. The molecule has 0 aliphatic carbocycles. The molecule has 0 radical (unpaired) electrons. The number of anilines is 1. The third kappa shape index (κ3) is 4.21. The summed E-state index contributed by atoms with van der Waals surface area (Å²) in [5, 5.41) is 3.21. The Morgan fingerprint density at radius 1 is 1.11 bits per heavy atom. The molecule has 0 saturated heterocycles. The molecule has 0 amide bonds. The summed E-state index contributed by atoms with van der Waals surface area (Å²) in [7, 11) is 0. The zero-order valence-corrected chi connectivity index (χ0v) is 13.2. The van der Waals surface area contributed by atoms with Crippen molar-refractivity contribution in [3.63, 3.8) is 0 Å². The molecule has 0 unspecified atom stereocenters. The molecule has 2 rings (SSSR count). The van der Waals surface area contributed by atoms with Crippen LogP contribution in [0.3, 0.4) is 0 Å². The maximum Gasteiger partial charge on any atom is 0.165 e. The topological polar surface area (TPSA) is 21.3 Å². The first-order valence-electron chi connectivity index (χ1n) is 5.73.